The molecule has 1 saturated carbocycles. The average Bonchev–Trinajstić information content (AvgIpc) is 2.67. The molecule has 4 rings (SSSR count). The van der Waals surface area contributed by atoms with Gasteiger partial charge in [-0.3, -0.25) is 18.7 Å². The molecule has 1 aliphatic carbocycles. The molecule has 2 aromatic heterocycles. The zero-order valence-corrected chi connectivity index (χ0v) is 16.2. The predicted octanol–water partition coefficient (Wildman–Crippen LogP) is 3.05. The van der Waals surface area contributed by atoms with Crippen LogP contribution in [0.15, 0.2) is 15.7 Å². The molecular weight excluding hydrogens is 368 g/mol. The van der Waals surface area contributed by atoms with Gasteiger partial charge in [-0.1, -0.05) is 0 Å². The van der Waals surface area contributed by atoms with Crippen molar-refractivity contribution in [2.75, 3.05) is 13.2 Å². The third-order valence-corrected chi connectivity index (χ3v) is 6.24. The van der Waals surface area contributed by atoms with Gasteiger partial charge in [0.15, 0.2) is 5.65 Å². The van der Waals surface area contributed by atoms with Gasteiger partial charge >= 0.3 is 0 Å². The number of halogens is 2. The molecule has 8 heteroatoms. The third-order valence-electron chi connectivity index (χ3n) is 6.24. The second-order valence-electron chi connectivity index (χ2n) is 8.01. The lowest BCUT2D eigenvalue weighted by Crippen LogP contribution is -2.36. The van der Waals surface area contributed by atoms with Crippen LogP contribution in [0.2, 0.25) is 0 Å². The van der Waals surface area contributed by atoms with Gasteiger partial charge in [-0.2, -0.15) is 0 Å². The summed E-state index contributed by atoms with van der Waals surface area (Å²) in [5, 5.41) is 0.381. The number of nitrogens with zero attached hydrogens (tertiary/aromatic N) is 3. The van der Waals surface area contributed by atoms with Gasteiger partial charge in [0.05, 0.1) is 5.39 Å². The van der Waals surface area contributed by atoms with E-state index in [9.17, 15) is 18.4 Å². The highest BCUT2D eigenvalue weighted by Gasteiger charge is 2.37. The maximum Gasteiger partial charge on any atom is 0.262 e. The molecule has 28 heavy (non-hydrogen) atoms. The van der Waals surface area contributed by atoms with Crippen LogP contribution >= 0.6 is 0 Å². The Labute approximate surface area is 161 Å². The second-order valence-corrected chi connectivity index (χ2v) is 8.01. The van der Waals surface area contributed by atoms with E-state index in [0.717, 1.165) is 0 Å². The molecule has 1 aliphatic heterocycles. The first-order chi connectivity index (χ1) is 13.3. The van der Waals surface area contributed by atoms with Crippen LogP contribution < -0.4 is 11.1 Å². The fourth-order valence-electron chi connectivity index (χ4n) is 4.40. The number of rotatable bonds is 2. The zero-order valence-electron chi connectivity index (χ0n) is 16.2. The van der Waals surface area contributed by atoms with Crippen molar-refractivity contribution < 1.29 is 13.5 Å². The van der Waals surface area contributed by atoms with Crippen LogP contribution in [-0.2, 0) is 11.8 Å². The highest BCUT2D eigenvalue weighted by molar-refractivity contribution is 5.75. The number of ether oxygens (including phenoxy) is 1. The Hall–Kier alpha value is -2.09. The van der Waals surface area contributed by atoms with E-state index in [4.69, 9.17) is 4.74 Å². The highest BCUT2D eigenvalue weighted by atomic mass is 19.3. The fourth-order valence-corrected chi connectivity index (χ4v) is 4.40. The van der Waals surface area contributed by atoms with Crippen molar-refractivity contribution in [1.82, 2.24) is 14.1 Å². The summed E-state index contributed by atoms with van der Waals surface area (Å²) in [7, 11) is 1.65. The molecule has 0 bridgehead atoms. The van der Waals surface area contributed by atoms with E-state index in [1.165, 1.54) is 9.13 Å². The first kappa shape index (κ1) is 19.2. The lowest BCUT2D eigenvalue weighted by atomic mass is 9.89. The molecule has 0 atom stereocenters. The summed E-state index contributed by atoms with van der Waals surface area (Å²) >= 11 is 0. The Morgan fingerprint density at radius 1 is 1.11 bits per heavy atom. The third kappa shape index (κ3) is 3.27. The van der Waals surface area contributed by atoms with E-state index >= 15 is 0 Å². The number of aromatic nitrogens is 3. The number of hydrogen-bond donors (Lipinski definition) is 0. The number of aryl methyl sites for hydroxylation is 1. The Morgan fingerprint density at radius 3 is 2.39 bits per heavy atom. The zero-order chi connectivity index (χ0) is 20.1. The summed E-state index contributed by atoms with van der Waals surface area (Å²) in [6.07, 6.45) is 1.32. The molecule has 2 aliphatic rings. The van der Waals surface area contributed by atoms with Crippen LogP contribution in [0.4, 0.5) is 8.78 Å². The van der Waals surface area contributed by atoms with Crippen molar-refractivity contribution in [2.24, 2.45) is 7.05 Å². The minimum Gasteiger partial charge on any atom is -0.381 e. The van der Waals surface area contributed by atoms with Crippen LogP contribution in [0.25, 0.3) is 11.0 Å². The van der Waals surface area contributed by atoms with Crippen LogP contribution in [-0.4, -0.2) is 33.3 Å². The fraction of sp³-hybridized carbons (Fsp3) is 0.650. The van der Waals surface area contributed by atoms with Crippen molar-refractivity contribution in [3.05, 3.63) is 38.2 Å². The number of pyridine rings is 1. The minimum atomic E-state index is -2.69. The lowest BCUT2D eigenvalue weighted by Gasteiger charge is -2.31. The molecule has 1 saturated heterocycles. The molecule has 0 aromatic carbocycles. The molecule has 0 radical (unpaired) electrons. The lowest BCUT2D eigenvalue weighted by molar-refractivity contribution is -0.0439. The Morgan fingerprint density at radius 2 is 1.75 bits per heavy atom. The van der Waals surface area contributed by atoms with Crippen LogP contribution in [0, 0.1) is 6.92 Å². The van der Waals surface area contributed by atoms with Gasteiger partial charge in [-0.05, 0) is 44.6 Å². The van der Waals surface area contributed by atoms with Gasteiger partial charge in [0, 0.05) is 44.7 Å². The summed E-state index contributed by atoms with van der Waals surface area (Å²) in [5.74, 6) is -2.19. The van der Waals surface area contributed by atoms with E-state index in [0.29, 0.717) is 48.5 Å². The summed E-state index contributed by atoms with van der Waals surface area (Å²) < 4.78 is 35.8. The number of hydrogen-bond acceptors (Lipinski definition) is 4. The largest absolute Gasteiger partial charge is 0.381 e. The van der Waals surface area contributed by atoms with E-state index in [-0.39, 0.29) is 48.8 Å². The molecule has 6 nitrogen and oxygen atoms in total. The molecule has 3 heterocycles. The standard InChI is InChI=1S/C20H25F2N3O3/c1-12-23-17-16(18(26)24(12)2)11-15(13-5-9-28-10-6-13)19(27)25(17)14-3-7-20(21,22)8-4-14/h11,13-14H,3-10H2,1-2H3. The van der Waals surface area contributed by atoms with Crippen molar-refractivity contribution in [2.45, 2.75) is 63.3 Å². The van der Waals surface area contributed by atoms with Gasteiger partial charge in [0.1, 0.15) is 5.82 Å². The van der Waals surface area contributed by atoms with Crippen molar-refractivity contribution >= 4 is 11.0 Å². The van der Waals surface area contributed by atoms with Gasteiger partial charge < -0.3 is 4.74 Å². The molecule has 152 valence electrons. The number of fused-ring (bicyclic) bond motifs is 1. The molecule has 0 unspecified atom stereocenters. The van der Waals surface area contributed by atoms with Crippen molar-refractivity contribution in [3.8, 4) is 0 Å². The normalized spacial score (nSPS) is 21.3. The Kier molecular flexibility index (Phi) is 4.85. The van der Waals surface area contributed by atoms with Gasteiger partial charge in [-0.25, -0.2) is 13.8 Å². The molecule has 0 N–H and O–H groups in total. The van der Waals surface area contributed by atoms with Gasteiger partial charge in [0.2, 0.25) is 5.92 Å². The van der Waals surface area contributed by atoms with Gasteiger partial charge in [0.25, 0.3) is 11.1 Å². The molecular formula is C20H25F2N3O3. The van der Waals surface area contributed by atoms with Gasteiger partial charge in [-0.15, -0.1) is 0 Å². The summed E-state index contributed by atoms with van der Waals surface area (Å²) in [6.45, 7) is 2.85. The highest BCUT2D eigenvalue weighted by Crippen LogP contribution is 2.39. The quantitative estimate of drug-likeness (QED) is 0.787. The summed E-state index contributed by atoms with van der Waals surface area (Å²) in [4.78, 5) is 30.8. The molecule has 2 aromatic rings. The molecule has 0 amide bonds. The first-order valence-electron chi connectivity index (χ1n) is 9.87. The topological polar surface area (TPSA) is 66.1 Å². The Balaban J connectivity index is 1.94. The monoisotopic (exact) mass is 393 g/mol. The maximum atomic E-state index is 13.7. The SMILES string of the molecule is Cc1nc2c(cc(C3CCOCC3)c(=O)n2C2CCC(F)(F)CC2)c(=O)n1C. The predicted molar refractivity (Wildman–Crippen MR) is 101 cm³/mol. The molecule has 0 spiro atoms. The maximum absolute atomic E-state index is 13.7. The van der Waals surface area contributed by atoms with E-state index in [2.05, 4.69) is 4.98 Å². The van der Waals surface area contributed by atoms with Crippen LogP contribution in [0.5, 0.6) is 0 Å². The van der Waals surface area contributed by atoms with Crippen molar-refractivity contribution in [1.29, 1.82) is 0 Å². The smallest absolute Gasteiger partial charge is 0.262 e. The van der Waals surface area contributed by atoms with Crippen LogP contribution in [0.3, 0.4) is 0 Å². The van der Waals surface area contributed by atoms with E-state index in [1.54, 1.807) is 20.0 Å². The van der Waals surface area contributed by atoms with Crippen LogP contribution in [0.1, 0.15) is 61.9 Å². The second kappa shape index (κ2) is 7.06. The van der Waals surface area contributed by atoms with Crippen molar-refractivity contribution in [3.63, 3.8) is 0 Å². The molecule has 2 fully saturated rings. The first-order valence-corrected chi connectivity index (χ1v) is 9.87. The number of alkyl halides is 2. The summed E-state index contributed by atoms with van der Waals surface area (Å²) in [5.41, 5.74) is 0.480. The van der Waals surface area contributed by atoms with E-state index in [1.807, 2.05) is 0 Å². The minimum absolute atomic E-state index is 0.00735. The summed E-state index contributed by atoms with van der Waals surface area (Å²) in [6, 6.07) is 1.31. The average molecular weight is 393 g/mol. The Bertz CT molecular complexity index is 1010. The van der Waals surface area contributed by atoms with E-state index < -0.39 is 5.92 Å².